The average molecular weight is 295 g/mol. The molecule has 0 radical (unpaired) electrons. The molecule has 0 fully saturated rings. The number of carbonyl (C=O) groups is 2. The van der Waals surface area contributed by atoms with Crippen molar-refractivity contribution in [1.82, 2.24) is 5.32 Å². The number of benzene rings is 1. The molecule has 0 saturated heterocycles. The van der Waals surface area contributed by atoms with Gasteiger partial charge in [-0.2, -0.15) is 11.8 Å². The zero-order chi connectivity index (χ0) is 15.3. The number of thioether (sulfide) groups is 1. The SMILES string of the molecule is CSCc1ccc(C(=O)N[C@H](C(=O)O)C(C)(C)C)cc1. The molecule has 20 heavy (non-hydrogen) atoms. The summed E-state index contributed by atoms with van der Waals surface area (Å²) in [5.74, 6) is -0.491. The number of carboxylic acids is 1. The molecule has 2 N–H and O–H groups in total. The molecule has 0 aliphatic rings. The van der Waals surface area contributed by atoms with E-state index in [0.29, 0.717) is 5.56 Å². The lowest BCUT2D eigenvalue weighted by Crippen LogP contribution is -2.49. The van der Waals surface area contributed by atoms with E-state index in [-0.39, 0.29) is 5.91 Å². The van der Waals surface area contributed by atoms with E-state index in [4.69, 9.17) is 0 Å². The fourth-order valence-electron chi connectivity index (χ4n) is 1.78. The van der Waals surface area contributed by atoms with Crippen LogP contribution in [0.15, 0.2) is 24.3 Å². The Bertz CT molecular complexity index is 477. The van der Waals surface area contributed by atoms with Crippen molar-refractivity contribution in [1.29, 1.82) is 0 Å². The summed E-state index contributed by atoms with van der Waals surface area (Å²) in [6.07, 6.45) is 2.02. The van der Waals surface area contributed by atoms with Gasteiger partial charge >= 0.3 is 5.97 Å². The molecule has 5 heteroatoms. The quantitative estimate of drug-likeness (QED) is 0.876. The van der Waals surface area contributed by atoms with Gasteiger partial charge in [-0.3, -0.25) is 4.79 Å². The molecule has 0 unspecified atom stereocenters. The van der Waals surface area contributed by atoms with E-state index in [2.05, 4.69) is 5.32 Å². The highest BCUT2D eigenvalue weighted by molar-refractivity contribution is 7.97. The van der Waals surface area contributed by atoms with E-state index in [1.807, 2.05) is 18.4 Å². The predicted molar refractivity (Wildman–Crippen MR) is 82.0 cm³/mol. The number of rotatable bonds is 5. The topological polar surface area (TPSA) is 66.4 Å². The molecule has 1 aromatic carbocycles. The summed E-state index contributed by atoms with van der Waals surface area (Å²) in [4.78, 5) is 23.3. The second kappa shape index (κ2) is 6.79. The Balaban J connectivity index is 2.81. The third kappa shape index (κ3) is 4.56. The van der Waals surface area contributed by atoms with Crippen LogP contribution in [0.4, 0.5) is 0 Å². The number of aliphatic carboxylic acids is 1. The molecule has 0 aliphatic carbocycles. The van der Waals surface area contributed by atoms with Gasteiger partial charge in [0.15, 0.2) is 0 Å². The first kappa shape index (κ1) is 16.6. The molecular weight excluding hydrogens is 274 g/mol. The highest BCUT2D eigenvalue weighted by atomic mass is 32.2. The Morgan fingerprint density at radius 3 is 2.20 bits per heavy atom. The zero-order valence-corrected chi connectivity index (χ0v) is 13.1. The van der Waals surface area contributed by atoms with Crippen molar-refractivity contribution in [3.8, 4) is 0 Å². The number of carboxylic acid groups (broad SMARTS) is 1. The molecule has 0 saturated carbocycles. The van der Waals surface area contributed by atoms with Gasteiger partial charge in [-0.05, 0) is 29.4 Å². The predicted octanol–water partition coefficient (Wildman–Crippen LogP) is 2.78. The molecule has 0 spiro atoms. The third-order valence-electron chi connectivity index (χ3n) is 2.92. The van der Waals surface area contributed by atoms with Crippen molar-refractivity contribution in [3.63, 3.8) is 0 Å². The fourth-order valence-corrected chi connectivity index (χ4v) is 2.31. The maximum Gasteiger partial charge on any atom is 0.326 e. The summed E-state index contributed by atoms with van der Waals surface area (Å²) in [6, 6.07) is 6.31. The van der Waals surface area contributed by atoms with Crippen LogP contribution in [0, 0.1) is 5.41 Å². The lowest BCUT2D eigenvalue weighted by Gasteiger charge is -2.27. The van der Waals surface area contributed by atoms with Gasteiger partial charge in [0, 0.05) is 11.3 Å². The average Bonchev–Trinajstić information content (AvgIpc) is 2.35. The summed E-state index contributed by atoms with van der Waals surface area (Å²) in [5, 5.41) is 11.8. The molecule has 4 nitrogen and oxygen atoms in total. The van der Waals surface area contributed by atoms with Gasteiger partial charge in [-0.15, -0.1) is 0 Å². The summed E-state index contributed by atoms with van der Waals surface area (Å²) in [5.41, 5.74) is 1.07. The number of amides is 1. The molecule has 1 atom stereocenters. The molecule has 1 aromatic rings. The van der Waals surface area contributed by atoms with Crippen LogP contribution in [0.1, 0.15) is 36.7 Å². The standard InChI is InChI=1S/C15H21NO3S/c1-15(2,3)12(14(18)19)16-13(17)11-7-5-10(6-8-11)9-20-4/h5-8,12H,9H2,1-4H3,(H,16,17)(H,18,19)/t12-/m1/s1. The first-order valence-corrected chi connectivity index (χ1v) is 7.76. The van der Waals surface area contributed by atoms with E-state index < -0.39 is 17.4 Å². The fraction of sp³-hybridized carbons (Fsp3) is 0.467. The monoisotopic (exact) mass is 295 g/mol. The first-order chi connectivity index (χ1) is 9.25. The van der Waals surface area contributed by atoms with Crippen molar-refractivity contribution in [2.75, 3.05) is 6.26 Å². The largest absolute Gasteiger partial charge is 0.480 e. The molecule has 110 valence electrons. The van der Waals surface area contributed by atoms with E-state index >= 15 is 0 Å². The molecule has 0 heterocycles. The number of nitrogens with one attached hydrogen (secondary N) is 1. The van der Waals surface area contributed by atoms with Crippen molar-refractivity contribution < 1.29 is 14.7 Å². The van der Waals surface area contributed by atoms with Gasteiger partial charge in [0.1, 0.15) is 6.04 Å². The van der Waals surface area contributed by atoms with E-state index in [0.717, 1.165) is 11.3 Å². The molecular formula is C15H21NO3S. The summed E-state index contributed by atoms with van der Waals surface area (Å²) >= 11 is 1.71. The molecule has 1 rings (SSSR count). The Labute approximate surface area is 124 Å². The van der Waals surface area contributed by atoms with Crippen molar-refractivity contribution in [2.24, 2.45) is 5.41 Å². The number of carbonyl (C=O) groups excluding carboxylic acids is 1. The lowest BCUT2D eigenvalue weighted by molar-refractivity contribution is -0.142. The highest BCUT2D eigenvalue weighted by Crippen LogP contribution is 2.20. The Morgan fingerprint density at radius 2 is 1.80 bits per heavy atom. The van der Waals surface area contributed by atoms with Crippen LogP contribution < -0.4 is 5.32 Å². The minimum Gasteiger partial charge on any atom is -0.480 e. The maximum absolute atomic E-state index is 12.1. The second-order valence-corrected chi connectivity index (χ2v) is 6.61. The molecule has 0 aromatic heterocycles. The zero-order valence-electron chi connectivity index (χ0n) is 12.3. The van der Waals surface area contributed by atoms with E-state index in [1.165, 1.54) is 0 Å². The Hall–Kier alpha value is -1.49. The Kier molecular flexibility index (Phi) is 5.62. The summed E-state index contributed by atoms with van der Waals surface area (Å²) in [7, 11) is 0. The second-order valence-electron chi connectivity index (χ2n) is 5.74. The van der Waals surface area contributed by atoms with Gasteiger partial charge in [0.25, 0.3) is 5.91 Å². The van der Waals surface area contributed by atoms with Crippen molar-refractivity contribution in [2.45, 2.75) is 32.6 Å². The van der Waals surface area contributed by atoms with Crippen LogP contribution in [-0.2, 0) is 10.5 Å². The van der Waals surface area contributed by atoms with Crippen LogP contribution in [0.2, 0.25) is 0 Å². The van der Waals surface area contributed by atoms with Crippen LogP contribution in [0.25, 0.3) is 0 Å². The molecule has 0 aliphatic heterocycles. The summed E-state index contributed by atoms with van der Waals surface area (Å²) in [6.45, 7) is 5.36. The van der Waals surface area contributed by atoms with Crippen molar-refractivity contribution in [3.05, 3.63) is 35.4 Å². The maximum atomic E-state index is 12.1. The molecule has 0 bridgehead atoms. The normalized spacial score (nSPS) is 12.8. The minimum absolute atomic E-state index is 0.358. The van der Waals surface area contributed by atoms with Gasteiger partial charge in [0.2, 0.25) is 0 Å². The van der Waals surface area contributed by atoms with Crippen LogP contribution in [-0.4, -0.2) is 29.3 Å². The van der Waals surface area contributed by atoms with Gasteiger partial charge in [-0.1, -0.05) is 32.9 Å². The Morgan fingerprint density at radius 1 is 1.25 bits per heavy atom. The van der Waals surface area contributed by atoms with Crippen molar-refractivity contribution >= 4 is 23.6 Å². The minimum atomic E-state index is -1.02. The number of hydrogen-bond acceptors (Lipinski definition) is 3. The lowest BCUT2D eigenvalue weighted by atomic mass is 9.86. The summed E-state index contributed by atoms with van der Waals surface area (Å²) < 4.78 is 0. The smallest absolute Gasteiger partial charge is 0.326 e. The molecule has 1 amide bonds. The van der Waals surface area contributed by atoms with Gasteiger partial charge < -0.3 is 10.4 Å². The van der Waals surface area contributed by atoms with Crippen LogP contribution in [0.3, 0.4) is 0 Å². The third-order valence-corrected chi connectivity index (χ3v) is 3.54. The van der Waals surface area contributed by atoms with E-state index in [9.17, 15) is 14.7 Å². The van der Waals surface area contributed by atoms with Crippen LogP contribution in [0.5, 0.6) is 0 Å². The van der Waals surface area contributed by atoms with Gasteiger partial charge in [-0.25, -0.2) is 4.79 Å². The number of hydrogen-bond donors (Lipinski definition) is 2. The van der Waals surface area contributed by atoms with Crippen LogP contribution >= 0.6 is 11.8 Å². The van der Waals surface area contributed by atoms with E-state index in [1.54, 1.807) is 44.7 Å². The first-order valence-electron chi connectivity index (χ1n) is 6.37. The highest BCUT2D eigenvalue weighted by Gasteiger charge is 2.32. The van der Waals surface area contributed by atoms with Gasteiger partial charge in [0.05, 0.1) is 0 Å².